The van der Waals surface area contributed by atoms with Gasteiger partial charge in [-0.05, 0) is 25.1 Å². The van der Waals surface area contributed by atoms with E-state index in [1.807, 2.05) is 6.92 Å². The van der Waals surface area contributed by atoms with E-state index in [2.05, 4.69) is 6.58 Å². The summed E-state index contributed by atoms with van der Waals surface area (Å²) in [4.78, 5) is 0. The summed E-state index contributed by atoms with van der Waals surface area (Å²) in [5, 5.41) is 8.68. The van der Waals surface area contributed by atoms with Crippen LogP contribution in [-0.4, -0.2) is 5.11 Å². The molecule has 0 unspecified atom stereocenters. The second-order valence-corrected chi connectivity index (χ2v) is 2.46. The molecule has 0 aliphatic rings. The van der Waals surface area contributed by atoms with Crippen molar-refractivity contribution in [3.05, 3.63) is 42.5 Å². The minimum Gasteiger partial charge on any atom is -0.508 e. The molecule has 14 heavy (non-hydrogen) atoms. The van der Waals surface area contributed by atoms with Crippen LogP contribution in [0.5, 0.6) is 5.75 Å². The molecule has 0 aromatic heterocycles. The van der Waals surface area contributed by atoms with Crippen molar-refractivity contribution in [1.29, 1.82) is 0 Å². The van der Waals surface area contributed by atoms with Crippen LogP contribution >= 0.6 is 0 Å². The molecule has 0 fully saturated rings. The van der Waals surface area contributed by atoms with Gasteiger partial charge in [0.2, 0.25) is 0 Å². The molecular formula is C10H11F3O. The Hall–Kier alpha value is -1.45. The van der Waals surface area contributed by atoms with Gasteiger partial charge in [0.25, 0.3) is 0 Å². The van der Waals surface area contributed by atoms with E-state index < -0.39 is 11.7 Å². The van der Waals surface area contributed by atoms with Gasteiger partial charge in [0.15, 0.2) is 0 Å². The number of benzene rings is 1. The Morgan fingerprint density at radius 2 is 1.86 bits per heavy atom. The fourth-order valence-electron chi connectivity index (χ4n) is 0.682. The van der Waals surface area contributed by atoms with Gasteiger partial charge >= 0.3 is 6.18 Å². The number of hydrogen-bond acceptors (Lipinski definition) is 1. The lowest BCUT2D eigenvalue weighted by molar-refractivity contribution is -0.137. The molecule has 0 aliphatic heterocycles. The molecular weight excluding hydrogens is 193 g/mol. The zero-order valence-corrected chi connectivity index (χ0v) is 7.67. The average Bonchev–Trinajstić information content (AvgIpc) is 2.04. The first-order valence-electron chi connectivity index (χ1n) is 3.85. The third-order valence-electron chi connectivity index (χ3n) is 1.17. The molecule has 0 atom stereocenters. The van der Waals surface area contributed by atoms with Crippen molar-refractivity contribution in [2.75, 3.05) is 0 Å². The van der Waals surface area contributed by atoms with E-state index in [-0.39, 0.29) is 5.75 Å². The van der Waals surface area contributed by atoms with Crippen molar-refractivity contribution >= 4 is 0 Å². The standard InChI is InChI=1S/C7H5F3O.C3H6/c8-7(9,10)5-2-1-3-6(11)4-5;1-3-2/h1-4,11H;3H,1H2,2H3. The molecule has 0 saturated heterocycles. The van der Waals surface area contributed by atoms with E-state index >= 15 is 0 Å². The minimum absolute atomic E-state index is 0.375. The van der Waals surface area contributed by atoms with Crippen LogP contribution in [0.2, 0.25) is 0 Å². The highest BCUT2D eigenvalue weighted by molar-refractivity contribution is 5.28. The van der Waals surface area contributed by atoms with Gasteiger partial charge in [-0.1, -0.05) is 12.1 Å². The lowest BCUT2D eigenvalue weighted by atomic mass is 10.2. The monoisotopic (exact) mass is 204 g/mol. The van der Waals surface area contributed by atoms with Crippen LogP contribution in [0.3, 0.4) is 0 Å². The number of allylic oxidation sites excluding steroid dienone is 1. The highest BCUT2D eigenvalue weighted by Gasteiger charge is 2.30. The first-order valence-corrected chi connectivity index (χ1v) is 3.85. The molecule has 0 radical (unpaired) electrons. The van der Waals surface area contributed by atoms with Crippen molar-refractivity contribution < 1.29 is 18.3 Å². The predicted molar refractivity (Wildman–Crippen MR) is 49.0 cm³/mol. The van der Waals surface area contributed by atoms with Crippen molar-refractivity contribution in [2.45, 2.75) is 13.1 Å². The molecule has 0 saturated carbocycles. The van der Waals surface area contributed by atoms with E-state index in [4.69, 9.17) is 5.11 Å². The van der Waals surface area contributed by atoms with Gasteiger partial charge in [-0.25, -0.2) is 0 Å². The van der Waals surface area contributed by atoms with Crippen LogP contribution in [0, 0.1) is 0 Å². The molecule has 1 nitrogen and oxygen atoms in total. The van der Waals surface area contributed by atoms with E-state index in [0.29, 0.717) is 6.07 Å². The maximum atomic E-state index is 11.9. The maximum absolute atomic E-state index is 11.9. The summed E-state index contributed by atoms with van der Waals surface area (Å²) in [6, 6.07) is 3.92. The van der Waals surface area contributed by atoms with Gasteiger partial charge in [-0.15, -0.1) is 6.58 Å². The Bertz CT molecular complexity index is 292. The van der Waals surface area contributed by atoms with Crippen LogP contribution in [0.1, 0.15) is 12.5 Å². The second kappa shape index (κ2) is 5.32. The predicted octanol–water partition coefficient (Wildman–Crippen LogP) is 3.60. The molecule has 0 spiro atoms. The zero-order chi connectivity index (χ0) is 11.2. The van der Waals surface area contributed by atoms with E-state index in [0.717, 1.165) is 12.1 Å². The van der Waals surface area contributed by atoms with Gasteiger partial charge in [-0.2, -0.15) is 13.2 Å². The molecule has 1 rings (SSSR count). The summed E-state index contributed by atoms with van der Waals surface area (Å²) in [6.07, 6.45) is -2.63. The average molecular weight is 204 g/mol. The van der Waals surface area contributed by atoms with Crippen LogP contribution in [-0.2, 0) is 6.18 Å². The van der Waals surface area contributed by atoms with Crippen molar-refractivity contribution in [3.63, 3.8) is 0 Å². The Morgan fingerprint density at radius 1 is 1.36 bits per heavy atom. The third-order valence-corrected chi connectivity index (χ3v) is 1.17. The summed E-state index contributed by atoms with van der Waals surface area (Å²) in [6.45, 7) is 5.25. The van der Waals surface area contributed by atoms with Crippen LogP contribution < -0.4 is 0 Å². The normalized spacial score (nSPS) is 10.0. The number of alkyl halides is 3. The molecule has 0 heterocycles. The molecule has 78 valence electrons. The van der Waals surface area contributed by atoms with Crippen LogP contribution in [0.4, 0.5) is 13.2 Å². The highest BCUT2D eigenvalue weighted by atomic mass is 19.4. The minimum atomic E-state index is -4.38. The molecule has 0 aliphatic carbocycles. The SMILES string of the molecule is C=CC.Oc1cccc(C(F)(F)F)c1. The zero-order valence-electron chi connectivity index (χ0n) is 7.67. The van der Waals surface area contributed by atoms with E-state index in [1.165, 1.54) is 6.07 Å². The second-order valence-electron chi connectivity index (χ2n) is 2.46. The molecule has 0 amide bonds. The Labute approximate surface area is 80.5 Å². The number of hydrogen-bond donors (Lipinski definition) is 1. The van der Waals surface area contributed by atoms with Gasteiger partial charge < -0.3 is 5.11 Å². The Kier molecular flexibility index (Phi) is 4.77. The van der Waals surface area contributed by atoms with Gasteiger partial charge in [0.1, 0.15) is 5.75 Å². The third kappa shape index (κ3) is 4.54. The number of phenols is 1. The van der Waals surface area contributed by atoms with Crippen molar-refractivity contribution in [1.82, 2.24) is 0 Å². The molecule has 1 aromatic rings. The molecule has 1 aromatic carbocycles. The number of rotatable bonds is 0. The van der Waals surface area contributed by atoms with Crippen molar-refractivity contribution in [3.8, 4) is 5.75 Å². The van der Waals surface area contributed by atoms with Gasteiger partial charge in [-0.3, -0.25) is 0 Å². The van der Waals surface area contributed by atoms with Gasteiger partial charge in [0.05, 0.1) is 5.56 Å². The summed E-state index contributed by atoms with van der Waals surface area (Å²) in [7, 11) is 0. The summed E-state index contributed by atoms with van der Waals surface area (Å²) in [5.74, 6) is -0.375. The van der Waals surface area contributed by atoms with Crippen molar-refractivity contribution in [2.24, 2.45) is 0 Å². The Morgan fingerprint density at radius 3 is 2.14 bits per heavy atom. The largest absolute Gasteiger partial charge is 0.508 e. The van der Waals surface area contributed by atoms with Crippen LogP contribution in [0.15, 0.2) is 36.9 Å². The first-order chi connectivity index (χ1) is 6.41. The quantitative estimate of drug-likeness (QED) is 0.640. The molecule has 1 N–H and O–H groups in total. The lowest BCUT2D eigenvalue weighted by Gasteiger charge is -2.05. The van der Waals surface area contributed by atoms with E-state index in [1.54, 1.807) is 6.08 Å². The fraction of sp³-hybridized carbons (Fsp3) is 0.200. The highest BCUT2D eigenvalue weighted by Crippen LogP contribution is 2.30. The lowest BCUT2D eigenvalue weighted by Crippen LogP contribution is -2.03. The van der Waals surface area contributed by atoms with Crippen LogP contribution in [0.25, 0.3) is 0 Å². The number of halogens is 3. The fourth-order valence-corrected chi connectivity index (χ4v) is 0.682. The summed E-state index contributed by atoms with van der Waals surface area (Å²) in [5.41, 5.74) is -0.836. The summed E-state index contributed by atoms with van der Waals surface area (Å²) >= 11 is 0. The number of phenolic OH excluding ortho intramolecular Hbond substituents is 1. The molecule has 4 heteroatoms. The molecule has 0 bridgehead atoms. The Balaban J connectivity index is 0.000000500. The topological polar surface area (TPSA) is 20.2 Å². The number of aromatic hydroxyl groups is 1. The van der Waals surface area contributed by atoms with Gasteiger partial charge in [0, 0.05) is 0 Å². The summed E-state index contributed by atoms with van der Waals surface area (Å²) < 4.78 is 35.6. The van der Waals surface area contributed by atoms with E-state index in [9.17, 15) is 13.2 Å². The maximum Gasteiger partial charge on any atom is 0.416 e. The smallest absolute Gasteiger partial charge is 0.416 e. The first kappa shape index (κ1) is 12.6.